The lowest BCUT2D eigenvalue weighted by atomic mass is 9.74. The van der Waals surface area contributed by atoms with E-state index in [9.17, 15) is 9.90 Å². The lowest BCUT2D eigenvalue weighted by Gasteiger charge is -2.39. The van der Waals surface area contributed by atoms with Gasteiger partial charge in [-0.2, -0.15) is 0 Å². The van der Waals surface area contributed by atoms with Gasteiger partial charge >= 0.3 is 5.97 Å². The van der Waals surface area contributed by atoms with Gasteiger partial charge in [-0.05, 0) is 75.4 Å². The fourth-order valence-corrected chi connectivity index (χ4v) is 6.61. The van der Waals surface area contributed by atoms with Crippen LogP contribution in [0.15, 0.2) is 72.8 Å². The highest BCUT2D eigenvalue weighted by Crippen LogP contribution is 2.55. The minimum absolute atomic E-state index is 0.0605. The van der Waals surface area contributed by atoms with E-state index in [2.05, 4.69) is 66.0 Å². The first-order valence-electron chi connectivity index (χ1n) is 11.4. The van der Waals surface area contributed by atoms with Crippen LogP contribution in [-0.4, -0.2) is 11.1 Å². The van der Waals surface area contributed by atoms with Crippen molar-refractivity contribution < 1.29 is 9.90 Å². The number of aryl methyl sites for hydroxylation is 2. The summed E-state index contributed by atoms with van der Waals surface area (Å²) >= 11 is 0. The molecule has 7 rings (SSSR count). The highest BCUT2D eigenvalue weighted by Gasteiger charge is 2.44. The van der Waals surface area contributed by atoms with Crippen LogP contribution in [-0.2, 0) is 19.3 Å². The van der Waals surface area contributed by atoms with Crippen LogP contribution < -0.4 is 5.32 Å². The SMILES string of the molecule is O=C(O)c1cccc2c1N[C@H](c1ccc3c4c(cccc14)CC3)[C@@H]1Cc3ccccc3[C@H]21. The lowest BCUT2D eigenvalue weighted by Crippen LogP contribution is -2.31. The highest BCUT2D eigenvalue weighted by atomic mass is 16.4. The average molecular weight is 418 g/mol. The number of aromatic carboxylic acids is 1. The molecule has 0 amide bonds. The highest BCUT2D eigenvalue weighted by molar-refractivity contribution is 5.97. The molecular formula is C29H23NO2. The summed E-state index contributed by atoms with van der Waals surface area (Å²) in [5, 5.41) is 16.4. The summed E-state index contributed by atoms with van der Waals surface area (Å²) in [6, 6.07) is 25.7. The molecule has 1 heterocycles. The van der Waals surface area contributed by atoms with Gasteiger partial charge in [-0.3, -0.25) is 0 Å². The van der Waals surface area contributed by atoms with Gasteiger partial charge in [0.15, 0.2) is 0 Å². The van der Waals surface area contributed by atoms with Crippen molar-refractivity contribution in [2.45, 2.75) is 31.2 Å². The monoisotopic (exact) mass is 417 g/mol. The van der Waals surface area contributed by atoms with E-state index in [1.807, 2.05) is 6.07 Å². The number of para-hydroxylation sites is 1. The van der Waals surface area contributed by atoms with E-state index >= 15 is 0 Å². The van der Waals surface area contributed by atoms with Gasteiger partial charge in [-0.15, -0.1) is 0 Å². The molecule has 3 nitrogen and oxygen atoms in total. The van der Waals surface area contributed by atoms with Crippen molar-refractivity contribution in [3.8, 4) is 0 Å². The lowest BCUT2D eigenvalue weighted by molar-refractivity contribution is 0.0697. The molecule has 0 bridgehead atoms. The summed E-state index contributed by atoms with van der Waals surface area (Å²) in [4.78, 5) is 12.1. The third-order valence-corrected chi connectivity index (χ3v) is 7.91. The molecular weight excluding hydrogens is 394 g/mol. The van der Waals surface area contributed by atoms with Crippen molar-refractivity contribution >= 4 is 22.4 Å². The Kier molecular flexibility index (Phi) is 3.64. The number of carbonyl (C=O) groups is 1. The van der Waals surface area contributed by atoms with Crippen LogP contribution in [0.2, 0.25) is 0 Å². The molecule has 32 heavy (non-hydrogen) atoms. The topological polar surface area (TPSA) is 49.3 Å². The number of carboxylic acid groups (broad SMARTS) is 1. The maximum absolute atomic E-state index is 12.1. The zero-order chi connectivity index (χ0) is 21.4. The Balaban J connectivity index is 1.49. The molecule has 156 valence electrons. The van der Waals surface area contributed by atoms with Crippen LogP contribution in [0, 0.1) is 5.92 Å². The Hall–Kier alpha value is -3.59. The molecule has 2 aliphatic carbocycles. The first-order valence-corrected chi connectivity index (χ1v) is 11.4. The van der Waals surface area contributed by atoms with Crippen LogP contribution in [0.1, 0.15) is 55.7 Å². The number of nitrogens with one attached hydrogen (secondary N) is 1. The molecule has 4 aromatic carbocycles. The molecule has 3 atom stereocenters. The number of benzene rings is 4. The Morgan fingerprint density at radius 3 is 2.41 bits per heavy atom. The Morgan fingerprint density at radius 1 is 0.781 bits per heavy atom. The molecule has 0 radical (unpaired) electrons. The fourth-order valence-electron chi connectivity index (χ4n) is 6.61. The summed E-state index contributed by atoms with van der Waals surface area (Å²) in [5.74, 6) is -0.324. The summed E-state index contributed by atoms with van der Waals surface area (Å²) in [6.07, 6.45) is 3.22. The van der Waals surface area contributed by atoms with Crippen LogP contribution >= 0.6 is 0 Å². The summed E-state index contributed by atoms with van der Waals surface area (Å²) in [7, 11) is 0. The van der Waals surface area contributed by atoms with E-state index in [1.165, 1.54) is 38.6 Å². The van der Waals surface area contributed by atoms with Crippen molar-refractivity contribution in [3.63, 3.8) is 0 Å². The summed E-state index contributed by atoms with van der Waals surface area (Å²) in [6.45, 7) is 0. The third kappa shape index (κ3) is 2.34. The minimum atomic E-state index is -0.877. The van der Waals surface area contributed by atoms with Crippen LogP contribution in [0.4, 0.5) is 5.69 Å². The van der Waals surface area contributed by atoms with Gasteiger partial charge in [0.25, 0.3) is 0 Å². The van der Waals surface area contributed by atoms with Gasteiger partial charge in [0, 0.05) is 5.92 Å². The van der Waals surface area contributed by atoms with Gasteiger partial charge in [0.2, 0.25) is 0 Å². The predicted octanol–water partition coefficient (Wildman–Crippen LogP) is 6.11. The van der Waals surface area contributed by atoms with Crippen molar-refractivity contribution in [3.05, 3.63) is 112 Å². The maximum Gasteiger partial charge on any atom is 0.337 e. The Labute approximate surface area is 186 Å². The van der Waals surface area contributed by atoms with E-state index < -0.39 is 5.97 Å². The van der Waals surface area contributed by atoms with Crippen LogP contribution in [0.3, 0.4) is 0 Å². The molecule has 0 saturated heterocycles. The molecule has 3 heteroatoms. The second-order valence-corrected chi connectivity index (χ2v) is 9.40. The van der Waals surface area contributed by atoms with Gasteiger partial charge in [-0.25, -0.2) is 4.79 Å². The zero-order valence-corrected chi connectivity index (χ0v) is 17.6. The molecule has 0 spiro atoms. The normalized spacial score (nSPS) is 22.2. The largest absolute Gasteiger partial charge is 0.478 e. The van der Waals surface area contributed by atoms with Gasteiger partial charge < -0.3 is 10.4 Å². The van der Waals surface area contributed by atoms with E-state index in [0.29, 0.717) is 11.5 Å². The number of hydrogen-bond acceptors (Lipinski definition) is 2. The molecule has 0 saturated carbocycles. The van der Waals surface area contributed by atoms with E-state index in [1.54, 1.807) is 6.07 Å². The Bertz CT molecular complexity index is 1430. The van der Waals surface area contributed by atoms with E-state index in [-0.39, 0.29) is 12.0 Å². The molecule has 0 fully saturated rings. The molecule has 1 aliphatic heterocycles. The quantitative estimate of drug-likeness (QED) is 0.414. The van der Waals surface area contributed by atoms with Gasteiger partial charge in [0.05, 0.1) is 17.3 Å². The maximum atomic E-state index is 12.1. The van der Waals surface area contributed by atoms with Crippen molar-refractivity contribution in [2.75, 3.05) is 5.32 Å². The third-order valence-electron chi connectivity index (χ3n) is 7.91. The molecule has 0 aromatic heterocycles. The average Bonchev–Trinajstić information content (AvgIpc) is 3.42. The first kappa shape index (κ1) is 18.0. The van der Waals surface area contributed by atoms with E-state index in [0.717, 1.165) is 30.5 Å². The standard InChI is InChI=1S/C29H23NO2/c31-29(32)23-10-4-9-22-26-19-7-2-1-5-18(19)15-24(26)27(30-28(22)23)21-14-13-17-12-11-16-6-3-8-20(21)25(16)17/h1-10,13-14,24,26-27,30H,11-12,15H2,(H,31,32)/t24-,26-,27-/m1/s1. The smallest absolute Gasteiger partial charge is 0.337 e. The molecule has 4 aromatic rings. The van der Waals surface area contributed by atoms with Crippen molar-refractivity contribution in [2.24, 2.45) is 5.92 Å². The van der Waals surface area contributed by atoms with Gasteiger partial charge in [-0.1, -0.05) is 66.7 Å². The number of carboxylic acids is 1. The minimum Gasteiger partial charge on any atom is -0.478 e. The number of anilines is 1. The summed E-state index contributed by atoms with van der Waals surface area (Å²) < 4.78 is 0. The molecule has 0 unspecified atom stereocenters. The molecule has 2 N–H and O–H groups in total. The molecule has 3 aliphatic rings. The second-order valence-electron chi connectivity index (χ2n) is 9.40. The Morgan fingerprint density at radius 2 is 1.53 bits per heavy atom. The van der Waals surface area contributed by atoms with E-state index in [4.69, 9.17) is 0 Å². The van der Waals surface area contributed by atoms with Gasteiger partial charge in [0.1, 0.15) is 0 Å². The fraction of sp³-hybridized carbons (Fsp3) is 0.207. The van der Waals surface area contributed by atoms with Crippen LogP contribution in [0.25, 0.3) is 10.8 Å². The van der Waals surface area contributed by atoms with Crippen molar-refractivity contribution in [1.82, 2.24) is 0 Å². The predicted molar refractivity (Wildman–Crippen MR) is 127 cm³/mol. The number of rotatable bonds is 2. The van der Waals surface area contributed by atoms with Crippen molar-refractivity contribution in [1.29, 1.82) is 0 Å². The zero-order valence-electron chi connectivity index (χ0n) is 17.6. The number of fused-ring (bicyclic) bond motifs is 5. The summed E-state index contributed by atoms with van der Waals surface area (Å²) in [5.41, 5.74) is 9.16. The van der Waals surface area contributed by atoms with Crippen LogP contribution in [0.5, 0.6) is 0 Å². The second kappa shape index (κ2) is 6.46. The number of hydrogen-bond donors (Lipinski definition) is 2. The first-order chi connectivity index (χ1) is 15.7.